The summed E-state index contributed by atoms with van der Waals surface area (Å²) in [4.78, 5) is 40.0. The normalized spacial score (nSPS) is 16.8. The molecule has 1 atom stereocenters. The number of amides is 3. The summed E-state index contributed by atoms with van der Waals surface area (Å²) in [5.41, 5.74) is 1.50. The molecule has 0 N–H and O–H groups in total. The standard InChI is InChI=1S/C20H19ClN2O3/c1-14(24)22(11-10-15-6-3-2-4-7-15)18-13-19(25)23(20(18)26)17-9-5-8-16(21)12-17/h2-9,12,18H,10-11,13H2,1H3/t18-/m1/s1. The molecule has 5 nitrogen and oxygen atoms in total. The summed E-state index contributed by atoms with van der Waals surface area (Å²) in [5.74, 6) is -0.936. The topological polar surface area (TPSA) is 57.7 Å². The van der Waals surface area contributed by atoms with Crippen molar-refractivity contribution in [2.75, 3.05) is 11.4 Å². The smallest absolute Gasteiger partial charge is 0.257 e. The van der Waals surface area contributed by atoms with Crippen molar-refractivity contribution in [3.63, 3.8) is 0 Å². The Kier molecular flexibility index (Phi) is 5.38. The fraction of sp³-hybridized carbons (Fsp3) is 0.250. The Morgan fingerprint density at radius 1 is 1.15 bits per heavy atom. The third-order valence-electron chi connectivity index (χ3n) is 4.45. The van der Waals surface area contributed by atoms with Gasteiger partial charge in [-0.1, -0.05) is 48.0 Å². The zero-order chi connectivity index (χ0) is 18.7. The van der Waals surface area contributed by atoms with Gasteiger partial charge in [-0.3, -0.25) is 14.4 Å². The van der Waals surface area contributed by atoms with Crippen LogP contribution in [-0.2, 0) is 20.8 Å². The van der Waals surface area contributed by atoms with Crippen LogP contribution < -0.4 is 4.90 Å². The second-order valence-electron chi connectivity index (χ2n) is 6.22. The number of hydrogen-bond donors (Lipinski definition) is 0. The van der Waals surface area contributed by atoms with Gasteiger partial charge < -0.3 is 4.90 Å². The van der Waals surface area contributed by atoms with Crippen molar-refractivity contribution in [1.82, 2.24) is 4.90 Å². The second-order valence-corrected chi connectivity index (χ2v) is 6.65. The first kappa shape index (κ1) is 18.1. The highest BCUT2D eigenvalue weighted by atomic mass is 35.5. The average Bonchev–Trinajstić information content (AvgIpc) is 2.90. The van der Waals surface area contributed by atoms with Crippen LogP contribution in [0.5, 0.6) is 0 Å². The van der Waals surface area contributed by atoms with Crippen LogP contribution in [0.2, 0.25) is 5.02 Å². The molecular formula is C20H19ClN2O3. The van der Waals surface area contributed by atoms with E-state index in [1.54, 1.807) is 24.3 Å². The van der Waals surface area contributed by atoms with Crippen molar-refractivity contribution >= 4 is 35.0 Å². The predicted octanol–water partition coefficient (Wildman–Crippen LogP) is 3.06. The van der Waals surface area contributed by atoms with E-state index in [-0.39, 0.29) is 24.1 Å². The largest absolute Gasteiger partial charge is 0.330 e. The molecule has 1 saturated heterocycles. The molecule has 1 aliphatic rings. The molecule has 6 heteroatoms. The van der Waals surface area contributed by atoms with E-state index in [9.17, 15) is 14.4 Å². The van der Waals surface area contributed by atoms with E-state index in [0.717, 1.165) is 10.5 Å². The lowest BCUT2D eigenvalue weighted by atomic mass is 10.1. The van der Waals surface area contributed by atoms with Crippen LogP contribution >= 0.6 is 11.6 Å². The summed E-state index contributed by atoms with van der Waals surface area (Å²) >= 11 is 5.97. The first-order valence-corrected chi connectivity index (χ1v) is 8.78. The summed E-state index contributed by atoms with van der Waals surface area (Å²) in [6, 6.07) is 15.5. The Morgan fingerprint density at radius 3 is 2.54 bits per heavy atom. The molecule has 0 aromatic heterocycles. The van der Waals surface area contributed by atoms with Crippen molar-refractivity contribution in [1.29, 1.82) is 0 Å². The molecule has 0 aliphatic carbocycles. The molecule has 0 spiro atoms. The first-order valence-electron chi connectivity index (χ1n) is 8.41. The number of benzene rings is 2. The summed E-state index contributed by atoms with van der Waals surface area (Å²) < 4.78 is 0. The molecule has 0 radical (unpaired) electrons. The van der Waals surface area contributed by atoms with Gasteiger partial charge in [0.15, 0.2) is 0 Å². The number of carbonyl (C=O) groups is 3. The lowest BCUT2D eigenvalue weighted by molar-refractivity contribution is -0.136. The van der Waals surface area contributed by atoms with E-state index in [4.69, 9.17) is 11.6 Å². The monoisotopic (exact) mass is 370 g/mol. The van der Waals surface area contributed by atoms with Crippen LogP contribution in [0.15, 0.2) is 54.6 Å². The van der Waals surface area contributed by atoms with Gasteiger partial charge >= 0.3 is 0 Å². The Balaban J connectivity index is 1.79. The lowest BCUT2D eigenvalue weighted by Crippen LogP contribution is -2.45. The predicted molar refractivity (Wildman–Crippen MR) is 99.9 cm³/mol. The van der Waals surface area contributed by atoms with Crippen molar-refractivity contribution in [2.45, 2.75) is 25.8 Å². The molecule has 1 fully saturated rings. The molecule has 1 heterocycles. The van der Waals surface area contributed by atoms with E-state index in [1.165, 1.54) is 11.8 Å². The molecule has 0 unspecified atom stereocenters. The summed E-state index contributed by atoms with van der Waals surface area (Å²) in [7, 11) is 0. The highest BCUT2D eigenvalue weighted by molar-refractivity contribution is 6.31. The molecule has 134 valence electrons. The van der Waals surface area contributed by atoms with Gasteiger partial charge in [-0.15, -0.1) is 0 Å². The molecule has 26 heavy (non-hydrogen) atoms. The second kappa shape index (κ2) is 7.70. The summed E-state index contributed by atoms with van der Waals surface area (Å²) in [5, 5.41) is 0.444. The van der Waals surface area contributed by atoms with E-state index >= 15 is 0 Å². The molecule has 0 bridgehead atoms. The van der Waals surface area contributed by atoms with E-state index in [2.05, 4.69) is 0 Å². The van der Waals surface area contributed by atoms with Crippen LogP contribution in [0.25, 0.3) is 0 Å². The highest BCUT2D eigenvalue weighted by Gasteiger charge is 2.43. The number of carbonyl (C=O) groups excluding carboxylic acids is 3. The number of anilines is 1. The fourth-order valence-electron chi connectivity index (χ4n) is 3.17. The fourth-order valence-corrected chi connectivity index (χ4v) is 3.36. The van der Waals surface area contributed by atoms with Gasteiger partial charge in [-0.2, -0.15) is 0 Å². The maximum absolute atomic E-state index is 12.9. The molecule has 1 aliphatic heterocycles. The highest BCUT2D eigenvalue weighted by Crippen LogP contribution is 2.27. The van der Waals surface area contributed by atoms with E-state index in [0.29, 0.717) is 23.7 Å². The first-order chi connectivity index (χ1) is 12.5. The number of hydrogen-bond acceptors (Lipinski definition) is 3. The minimum Gasteiger partial charge on any atom is -0.330 e. The SMILES string of the molecule is CC(=O)N(CCc1ccccc1)[C@@H]1CC(=O)N(c2cccc(Cl)c2)C1=O. The zero-order valence-electron chi connectivity index (χ0n) is 14.4. The van der Waals surface area contributed by atoms with Crippen LogP contribution in [0.1, 0.15) is 18.9 Å². The third-order valence-corrected chi connectivity index (χ3v) is 4.69. The van der Waals surface area contributed by atoms with Gasteiger partial charge in [-0.05, 0) is 30.2 Å². The van der Waals surface area contributed by atoms with Gasteiger partial charge in [0.2, 0.25) is 11.8 Å². The number of imide groups is 1. The quantitative estimate of drug-likeness (QED) is 0.760. The van der Waals surface area contributed by atoms with Gasteiger partial charge in [-0.25, -0.2) is 4.90 Å². The molecule has 3 rings (SSSR count). The average molecular weight is 371 g/mol. The number of nitrogens with zero attached hydrogens (tertiary/aromatic N) is 2. The van der Waals surface area contributed by atoms with Crippen molar-refractivity contribution in [3.05, 3.63) is 65.2 Å². The van der Waals surface area contributed by atoms with Crippen LogP contribution in [0.4, 0.5) is 5.69 Å². The lowest BCUT2D eigenvalue weighted by Gasteiger charge is -2.26. The minimum atomic E-state index is -0.775. The number of halogens is 1. The molecule has 3 amide bonds. The van der Waals surface area contributed by atoms with Crippen LogP contribution in [0, 0.1) is 0 Å². The Morgan fingerprint density at radius 2 is 1.88 bits per heavy atom. The molecule has 2 aromatic rings. The summed E-state index contributed by atoms with van der Waals surface area (Å²) in [6.07, 6.45) is 0.606. The van der Waals surface area contributed by atoms with Gasteiger partial charge in [0.05, 0.1) is 12.1 Å². The Hall–Kier alpha value is -2.66. The van der Waals surface area contributed by atoms with Gasteiger partial charge in [0.25, 0.3) is 5.91 Å². The minimum absolute atomic E-state index is 0.0142. The van der Waals surface area contributed by atoms with E-state index in [1.807, 2.05) is 30.3 Å². The summed E-state index contributed by atoms with van der Waals surface area (Å²) in [6.45, 7) is 1.80. The molecular weight excluding hydrogens is 352 g/mol. The molecule has 2 aromatic carbocycles. The maximum Gasteiger partial charge on any atom is 0.257 e. The maximum atomic E-state index is 12.9. The van der Waals surface area contributed by atoms with Gasteiger partial charge in [0, 0.05) is 18.5 Å². The molecule has 0 saturated carbocycles. The van der Waals surface area contributed by atoms with Crippen molar-refractivity contribution in [2.24, 2.45) is 0 Å². The van der Waals surface area contributed by atoms with Crippen molar-refractivity contribution < 1.29 is 14.4 Å². The Bertz CT molecular complexity index is 838. The van der Waals surface area contributed by atoms with Gasteiger partial charge in [0.1, 0.15) is 6.04 Å². The number of rotatable bonds is 5. The van der Waals surface area contributed by atoms with Crippen LogP contribution in [0.3, 0.4) is 0 Å². The van der Waals surface area contributed by atoms with E-state index < -0.39 is 6.04 Å². The zero-order valence-corrected chi connectivity index (χ0v) is 15.1. The Labute approximate surface area is 157 Å². The van der Waals surface area contributed by atoms with Crippen molar-refractivity contribution in [3.8, 4) is 0 Å². The van der Waals surface area contributed by atoms with Crippen LogP contribution in [-0.4, -0.2) is 35.2 Å². The third kappa shape index (κ3) is 3.78.